The van der Waals surface area contributed by atoms with Crippen molar-refractivity contribution in [2.24, 2.45) is 0 Å². The number of carbonyl (C=O) groups is 1. The van der Waals surface area contributed by atoms with Gasteiger partial charge in [0, 0.05) is 5.02 Å². The predicted octanol–water partition coefficient (Wildman–Crippen LogP) is 5.11. The highest BCUT2D eigenvalue weighted by molar-refractivity contribution is 8.26. The number of fused-ring (bicyclic) bond motifs is 1. The Labute approximate surface area is 209 Å². The Morgan fingerprint density at radius 2 is 1.85 bits per heavy atom. The first-order valence-electron chi connectivity index (χ1n) is 10.2. The molecule has 168 valence electrons. The topological polar surface area (TPSA) is 73.2 Å². The molecule has 1 aliphatic heterocycles. The number of carbonyl (C=O) groups excluding carboxylic acids is 1. The van der Waals surface area contributed by atoms with Gasteiger partial charge in [-0.3, -0.25) is 14.2 Å². The lowest BCUT2D eigenvalue weighted by molar-refractivity contribution is -0.115. The third kappa shape index (κ3) is 4.61. The van der Waals surface area contributed by atoms with Gasteiger partial charge in [-0.15, -0.1) is 0 Å². The molecule has 0 saturated carbocycles. The number of benzene rings is 3. The van der Waals surface area contributed by atoms with Crippen molar-refractivity contribution in [1.29, 1.82) is 0 Å². The highest BCUT2D eigenvalue weighted by atomic mass is 35.5. The number of ether oxygens (including phenoxy) is 1. The summed E-state index contributed by atoms with van der Waals surface area (Å²) in [5.41, 5.74) is 1.85. The molecule has 0 unspecified atom stereocenters. The maximum Gasteiger partial charge on any atom is 0.266 e. The molecule has 3 aromatic carbocycles. The average molecular weight is 506 g/mol. The number of rotatable bonds is 5. The summed E-state index contributed by atoms with van der Waals surface area (Å²) in [7, 11) is 0. The molecule has 1 fully saturated rings. The van der Waals surface area contributed by atoms with Gasteiger partial charge in [0.25, 0.3) is 11.5 Å². The third-order valence-corrected chi connectivity index (χ3v) is 6.50. The molecule has 0 bridgehead atoms. The molecule has 4 aromatic rings. The van der Waals surface area contributed by atoms with E-state index in [0.717, 1.165) is 5.56 Å². The second kappa shape index (κ2) is 9.42. The van der Waals surface area contributed by atoms with Gasteiger partial charge in [0.05, 0.1) is 21.5 Å². The molecule has 1 N–H and O–H groups in total. The molecular weight excluding hydrogens is 490 g/mol. The van der Waals surface area contributed by atoms with Gasteiger partial charge in [-0.25, -0.2) is 4.98 Å². The number of nitrogens with one attached hydrogen (secondary N) is 1. The van der Waals surface area contributed by atoms with Crippen molar-refractivity contribution in [2.75, 3.05) is 0 Å². The van der Waals surface area contributed by atoms with Crippen LogP contribution in [0.3, 0.4) is 0 Å². The second-order valence-corrected chi connectivity index (χ2v) is 9.53. The first kappa shape index (κ1) is 22.3. The summed E-state index contributed by atoms with van der Waals surface area (Å²) in [6.07, 6.45) is 1.77. The van der Waals surface area contributed by atoms with Crippen LogP contribution in [0.2, 0.25) is 5.02 Å². The monoisotopic (exact) mass is 505 g/mol. The van der Waals surface area contributed by atoms with Crippen molar-refractivity contribution in [3.05, 3.63) is 104 Å². The van der Waals surface area contributed by atoms with Gasteiger partial charge in [-0.1, -0.05) is 65.9 Å². The summed E-state index contributed by atoms with van der Waals surface area (Å²) in [5, 5.41) is 3.62. The fourth-order valence-electron chi connectivity index (χ4n) is 3.54. The van der Waals surface area contributed by atoms with Crippen molar-refractivity contribution in [2.45, 2.75) is 6.61 Å². The van der Waals surface area contributed by atoms with Crippen molar-refractivity contribution in [3.8, 4) is 11.4 Å². The van der Waals surface area contributed by atoms with Crippen molar-refractivity contribution in [1.82, 2.24) is 14.9 Å². The Kier molecular flexibility index (Phi) is 6.19. The van der Waals surface area contributed by atoms with Crippen LogP contribution in [0.5, 0.6) is 5.75 Å². The number of aromatic nitrogens is 2. The molecule has 1 amide bonds. The molecule has 5 rings (SSSR count). The minimum Gasteiger partial charge on any atom is -0.486 e. The van der Waals surface area contributed by atoms with Gasteiger partial charge >= 0.3 is 0 Å². The minimum atomic E-state index is -0.198. The summed E-state index contributed by atoms with van der Waals surface area (Å²) in [4.78, 5) is 30.4. The van der Waals surface area contributed by atoms with E-state index in [1.807, 2.05) is 24.3 Å². The number of hydrogen-bond acceptors (Lipinski definition) is 6. The quantitative estimate of drug-likeness (QED) is 0.300. The van der Waals surface area contributed by atoms with E-state index in [1.165, 1.54) is 16.3 Å². The molecule has 0 radical (unpaired) electrons. The fourth-order valence-corrected chi connectivity index (χ4v) is 4.77. The summed E-state index contributed by atoms with van der Waals surface area (Å²) < 4.78 is 7.94. The Morgan fingerprint density at radius 3 is 2.59 bits per heavy atom. The zero-order valence-corrected chi connectivity index (χ0v) is 19.9. The van der Waals surface area contributed by atoms with E-state index < -0.39 is 0 Å². The van der Waals surface area contributed by atoms with Crippen LogP contribution in [0.4, 0.5) is 0 Å². The Morgan fingerprint density at radius 1 is 1.06 bits per heavy atom. The van der Waals surface area contributed by atoms with E-state index in [0.29, 0.717) is 42.4 Å². The minimum absolute atomic E-state index is 0.0690. The van der Waals surface area contributed by atoms with Gasteiger partial charge in [-0.2, -0.15) is 0 Å². The molecule has 1 saturated heterocycles. The smallest absolute Gasteiger partial charge is 0.266 e. The molecule has 0 aliphatic carbocycles. The lowest BCUT2D eigenvalue weighted by Crippen LogP contribution is -2.25. The lowest BCUT2D eigenvalue weighted by atomic mass is 10.2. The first-order valence-corrected chi connectivity index (χ1v) is 11.8. The number of hydrogen-bond donors (Lipinski definition) is 1. The SMILES string of the molecule is O=C1NC(=S)SC1=Cc1ccc(OCc2nc3ccccc3c(=O)n2-c2cccc(Cl)c2)cc1. The van der Waals surface area contributed by atoms with E-state index in [9.17, 15) is 9.59 Å². The van der Waals surface area contributed by atoms with Gasteiger partial charge in [0.2, 0.25) is 0 Å². The Balaban J connectivity index is 1.44. The van der Waals surface area contributed by atoms with Crippen LogP contribution in [0.15, 0.2) is 82.5 Å². The summed E-state index contributed by atoms with van der Waals surface area (Å²) in [5.74, 6) is 0.850. The van der Waals surface area contributed by atoms with E-state index in [-0.39, 0.29) is 18.1 Å². The summed E-state index contributed by atoms with van der Waals surface area (Å²) in [6, 6.07) is 21.5. The van der Waals surface area contributed by atoms with Crippen molar-refractivity contribution >= 4 is 62.8 Å². The molecule has 6 nitrogen and oxygen atoms in total. The molecule has 0 atom stereocenters. The maximum absolute atomic E-state index is 13.3. The second-order valence-electron chi connectivity index (χ2n) is 7.38. The number of halogens is 1. The van der Waals surface area contributed by atoms with Crippen LogP contribution in [-0.4, -0.2) is 19.8 Å². The van der Waals surface area contributed by atoms with E-state index >= 15 is 0 Å². The zero-order valence-electron chi connectivity index (χ0n) is 17.5. The predicted molar refractivity (Wildman–Crippen MR) is 139 cm³/mol. The van der Waals surface area contributed by atoms with Crippen molar-refractivity contribution < 1.29 is 9.53 Å². The highest BCUT2D eigenvalue weighted by Crippen LogP contribution is 2.26. The standard InChI is InChI=1S/C25H16ClN3O3S2/c26-16-4-3-5-17(13-16)29-22(27-20-7-2-1-6-19(20)24(29)31)14-32-18-10-8-15(9-11-18)12-21-23(30)28-25(33)34-21/h1-13H,14H2,(H,28,30,33). The molecule has 2 heterocycles. The molecule has 9 heteroatoms. The van der Waals surface area contributed by atoms with Crippen LogP contribution in [0.1, 0.15) is 11.4 Å². The molecule has 0 spiro atoms. The van der Waals surface area contributed by atoms with Crippen LogP contribution in [-0.2, 0) is 11.4 Å². The van der Waals surface area contributed by atoms with Gasteiger partial charge < -0.3 is 10.1 Å². The molecule has 1 aliphatic rings. The van der Waals surface area contributed by atoms with Gasteiger partial charge in [0.15, 0.2) is 5.82 Å². The largest absolute Gasteiger partial charge is 0.486 e. The number of thiocarbonyl (C=S) groups is 1. The third-order valence-electron chi connectivity index (χ3n) is 5.10. The summed E-state index contributed by atoms with van der Waals surface area (Å²) in [6.45, 7) is 0.0690. The van der Waals surface area contributed by atoms with E-state index in [4.69, 9.17) is 28.6 Å². The zero-order chi connectivity index (χ0) is 23.7. The average Bonchev–Trinajstić information content (AvgIpc) is 3.15. The number of para-hydroxylation sites is 1. The Hall–Kier alpha value is -3.46. The Bertz CT molecular complexity index is 1530. The highest BCUT2D eigenvalue weighted by Gasteiger charge is 2.21. The lowest BCUT2D eigenvalue weighted by Gasteiger charge is -2.15. The first-order chi connectivity index (χ1) is 16.5. The van der Waals surface area contributed by atoms with Gasteiger partial charge in [-0.05, 0) is 54.1 Å². The van der Waals surface area contributed by atoms with Crippen LogP contribution in [0.25, 0.3) is 22.7 Å². The summed E-state index contributed by atoms with van der Waals surface area (Å²) >= 11 is 12.4. The van der Waals surface area contributed by atoms with E-state index in [2.05, 4.69) is 10.3 Å². The number of nitrogens with zero attached hydrogens (tertiary/aromatic N) is 2. The maximum atomic E-state index is 13.3. The molecular formula is C25H16ClN3O3S2. The molecule has 1 aromatic heterocycles. The number of thioether (sulfide) groups is 1. The van der Waals surface area contributed by atoms with E-state index in [1.54, 1.807) is 54.6 Å². The van der Waals surface area contributed by atoms with Crippen molar-refractivity contribution in [3.63, 3.8) is 0 Å². The number of amides is 1. The fraction of sp³-hybridized carbons (Fsp3) is 0.0400. The normalized spacial score (nSPS) is 14.6. The van der Waals surface area contributed by atoms with Crippen LogP contribution in [0, 0.1) is 0 Å². The molecule has 34 heavy (non-hydrogen) atoms. The van der Waals surface area contributed by atoms with Crippen LogP contribution < -0.4 is 15.6 Å². The van der Waals surface area contributed by atoms with Gasteiger partial charge in [0.1, 0.15) is 16.7 Å². The van der Waals surface area contributed by atoms with Crippen LogP contribution >= 0.6 is 35.6 Å².